The number of benzene rings is 2. The Labute approximate surface area is 151 Å². The first-order valence-electron chi connectivity index (χ1n) is 8.05. The predicted molar refractivity (Wildman–Crippen MR) is 99.3 cm³/mol. The van der Waals surface area contributed by atoms with E-state index in [1.807, 2.05) is 47.1 Å². The van der Waals surface area contributed by atoms with Crippen LogP contribution in [0.25, 0.3) is 16.9 Å². The number of rotatable bonds is 4. The molecular formula is C19H18ClN3O2. The van der Waals surface area contributed by atoms with Crippen LogP contribution in [0.15, 0.2) is 42.5 Å². The summed E-state index contributed by atoms with van der Waals surface area (Å²) < 4.78 is 12.7. The number of nitrogens with zero attached hydrogens (tertiary/aromatic N) is 2. The molecule has 0 bridgehead atoms. The van der Waals surface area contributed by atoms with Gasteiger partial charge in [-0.2, -0.15) is 5.10 Å². The van der Waals surface area contributed by atoms with Crippen molar-refractivity contribution in [3.05, 3.63) is 53.1 Å². The fourth-order valence-corrected chi connectivity index (χ4v) is 3.34. The second-order valence-corrected chi connectivity index (χ2v) is 6.24. The van der Waals surface area contributed by atoms with E-state index in [9.17, 15) is 0 Å². The molecule has 128 valence electrons. The molecule has 0 aliphatic carbocycles. The van der Waals surface area contributed by atoms with Crippen molar-refractivity contribution in [2.75, 3.05) is 26.1 Å². The molecule has 25 heavy (non-hydrogen) atoms. The van der Waals surface area contributed by atoms with Gasteiger partial charge in [0.2, 0.25) is 0 Å². The number of halogens is 1. The highest BCUT2D eigenvalue weighted by Gasteiger charge is 2.25. The molecule has 5 nitrogen and oxygen atoms in total. The SMILES string of the molecule is COc1ccc(-n2nc(-c3cc(Cl)ccc3OC)c3c2NCC3)cc1. The standard InChI is InChI=1S/C19H18ClN3O2/c1-24-14-6-4-13(5-7-14)23-19-15(9-10-21-19)18(22-23)16-11-12(20)3-8-17(16)25-2/h3-8,11,21H,9-10H2,1-2H3. The molecule has 1 N–H and O–H groups in total. The quantitative estimate of drug-likeness (QED) is 0.762. The monoisotopic (exact) mass is 355 g/mol. The smallest absolute Gasteiger partial charge is 0.133 e. The van der Waals surface area contributed by atoms with Crippen LogP contribution in [0.3, 0.4) is 0 Å². The molecule has 0 radical (unpaired) electrons. The number of nitrogens with one attached hydrogen (secondary N) is 1. The van der Waals surface area contributed by atoms with Crippen LogP contribution in [-0.4, -0.2) is 30.5 Å². The third kappa shape index (κ3) is 2.70. The molecule has 1 aromatic heterocycles. The molecule has 0 fully saturated rings. The van der Waals surface area contributed by atoms with Crippen molar-refractivity contribution in [1.29, 1.82) is 0 Å². The van der Waals surface area contributed by atoms with E-state index in [2.05, 4.69) is 5.32 Å². The lowest BCUT2D eigenvalue weighted by Gasteiger charge is -2.09. The number of anilines is 1. The molecule has 4 rings (SSSR count). The first-order valence-corrected chi connectivity index (χ1v) is 8.43. The summed E-state index contributed by atoms with van der Waals surface area (Å²) in [5.74, 6) is 2.60. The minimum Gasteiger partial charge on any atom is -0.497 e. The van der Waals surface area contributed by atoms with E-state index in [1.54, 1.807) is 14.2 Å². The maximum atomic E-state index is 6.21. The average molecular weight is 356 g/mol. The molecule has 0 amide bonds. The van der Waals surface area contributed by atoms with Crippen LogP contribution in [0, 0.1) is 0 Å². The van der Waals surface area contributed by atoms with Gasteiger partial charge in [-0.1, -0.05) is 11.6 Å². The fourth-order valence-electron chi connectivity index (χ4n) is 3.17. The van der Waals surface area contributed by atoms with Gasteiger partial charge in [0.25, 0.3) is 0 Å². The van der Waals surface area contributed by atoms with Crippen molar-refractivity contribution in [2.24, 2.45) is 0 Å². The van der Waals surface area contributed by atoms with Crippen LogP contribution in [0.4, 0.5) is 5.82 Å². The van der Waals surface area contributed by atoms with Gasteiger partial charge in [0.1, 0.15) is 23.0 Å². The van der Waals surface area contributed by atoms with Gasteiger partial charge in [-0.3, -0.25) is 0 Å². The van der Waals surface area contributed by atoms with Gasteiger partial charge >= 0.3 is 0 Å². The lowest BCUT2D eigenvalue weighted by Crippen LogP contribution is -2.04. The van der Waals surface area contributed by atoms with Gasteiger partial charge in [-0.15, -0.1) is 0 Å². The largest absolute Gasteiger partial charge is 0.497 e. The Morgan fingerprint density at radius 1 is 1.08 bits per heavy atom. The Balaban J connectivity index is 1.87. The number of hydrogen-bond acceptors (Lipinski definition) is 4. The number of methoxy groups -OCH3 is 2. The van der Waals surface area contributed by atoms with E-state index in [4.69, 9.17) is 26.2 Å². The van der Waals surface area contributed by atoms with Crippen molar-refractivity contribution in [3.8, 4) is 28.4 Å². The Bertz CT molecular complexity index is 919. The Hall–Kier alpha value is -2.66. The Morgan fingerprint density at radius 3 is 2.60 bits per heavy atom. The van der Waals surface area contributed by atoms with Gasteiger partial charge in [0.05, 0.1) is 19.9 Å². The second-order valence-electron chi connectivity index (χ2n) is 5.81. The topological polar surface area (TPSA) is 48.3 Å². The van der Waals surface area contributed by atoms with E-state index < -0.39 is 0 Å². The van der Waals surface area contributed by atoms with Crippen molar-refractivity contribution < 1.29 is 9.47 Å². The predicted octanol–water partition coefficient (Wildman–Crippen LogP) is 4.18. The molecular weight excluding hydrogens is 338 g/mol. The van der Waals surface area contributed by atoms with Gasteiger partial charge in [0, 0.05) is 22.7 Å². The molecule has 0 unspecified atom stereocenters. The minimum absolute atomic E-state index is 0.662. The number of hydrogen-bond donors (Lipinski definition) is 1. The van der Waals surface area contributed by atoms with E-state index >= 15 is 0 Å². The zero-order valence-electron chi connectivity index (χ0n) is 14.0. The molecule has 0 atom stereocenters. The Morgan fingerprint density at radius 2 is 1.88 bits per heavy atom. The summed E-state index contributed by atoms with van der Waals surface area (Å²) >= 11 is 6.21. The van der Waals surface area contributed by atoms with E-state index in [-0.39, 0.29) is 0 Å². The van der Waals surface area contributed by atoms with Gasteiger partial charge in [-0.05, 0) is 48.9 Å². The second kappa shape index (κ2) is 6.33. The molecule has 1 aliphatic rings. The molecule has 6 heteroatoms. The number of ether oxygens (including phenoxy) is 2. The third-order valence-corrected chi connectivity index (χ3v) is 4.62. The highest BCUT2D eigenvalue weighted by atomic mass is 35.5. The van der Waals surface area contributed by atoms with Gasteiger partial charge in [0.15, 0.2) is 0 Å². The Kier molecular flexibility index (Phi) is 4.01. The van der Waals surface area contributed by atoms with Crippen LogP contribution >= 0.6 is 11.6 Å². The van der Waals surface area contributed by atoms with Crippen LogP contribution in [0.2, 0.25) is 5.02 Å². The molecule has 0 saturated carbocycles. The maximum absolute atomic E-state index is 6.21. The van der Waals surface area contributed by atoms with E-state index in [1.165, 1.54) is 5.56 Å². The van der Waals surface area contributed by atoms with Crippen LogP contribution in [0.5, 0.6) is 11.5 Å². The minimum atomic E-state index is 0.662. The highest BCUT2D eigenvalue weighted by molar-refractivity contribution is 6.31. The van der Waals surface area contributed by atoms with Crippen molar-refractivity contribution in [2.45, 2.75) is 6.42 Å². The number of fused-ring (bicyclic) bond motifs is 1. The van der Waals surface area contributed by atoms with E-state index in [0.29, 0.717) is 5.02 Å². The summed E-state index contributed by atoms with van der Waals surface area (Å²) in [5.41, 5.74) is 3.95. The van der Waals surface area contributed by atoms with Crippen LogP contribution < -0.4 is 14.8 Å². The summed E-state index contributed by atoms with van der Waals surface area (Å²) in [7, 11) is 3.32. The lowest BCUT2D eigenvalue weighted by molar-refractivity contribution is 0.414. The van der Waals surface area contributed by atoms with E-state index in [0.717, 1.165) is 47.2 Å². The zero-order valence-corrected chi connectivity index (χ0v) is 14.8. The molecule has 2 aromatic carbocycles. The number of aromatic nitrogens is 2. The molecule has 1 aliphatic heterocycles. The van der Waals surface area contributed by atoms with Crippen molar-refractivity contribution >= 4 is 17.4 Å². The first kappa shape index (κ1) is 15.8. The fraction of sp³-hybridized carbons (Fsp3) is 0.211. The summed E-state index contributed by atoms with van der Waals surface area (Å²) in [6.07, 6.45) is 0.913. The summed E-state index contributed by atoms with van der Waals surface area (Å²) in [4.78, 5) is 0. The van der Waals surface area contributed by atoms with Crippen molar-refractivity contribution in [3.63, 3.8) is 0 Å². The molecule has 0 saturated heterocycles. The van der Waals surface area contributed by atoms with Crippen LogP contribution in [-0.2, 0) is 6.42 Å². The summed E-state index contributed by atoms with van der Waals surface area (Å²) in [6.45, 7) is 0.888. The lowest BCUT2D eigenvalue weighted by atomic mass is 10.1. The molecule has 0 spiro atoms. The average Bonchev–Trinajstić information content (AvgIpc) is 3.24. The van der Waals surface area contributed by atoms with Gasteiger partial charge in [-0.25, -0.2) is 4.68 Å². The van der Waals surface area contributed by atoms with Gasteiger partial charge < -0.3 is 14.8 Å². The van der Waals surface area contributed by atoms with Crippen LogP contribution in [0.1, 0.15) is 5.56 Å². The maximum Gasteiger partial charge on any atom is 0.133 e. The van der Waals surface area contributed by atoms with Crippen molar-refractivity contribution in [1.82, 2.24) is 9.78 Å². The normalized spacial score (nSPS) is 12.6. The zero-order chi connectivity index (χ0) is 17.4. The summed E-state index contributed by atoms with van der Waals surface area (Å²) in [5, 5.41) is 8.95. The highest BCUT2D eigenvalue weighted by Crippen LogP contribution is 2.39. The third-order valence-electron chi connectivity index (χ3n) is 4.38. The summed E-state index contributed by atoms with van der Waals surface area (Å²) in [6, 6.07) is 13.4. The first-order chi connectivity index (χ1) is 12.2. The molecule has 3 aromatic rings. The molecule has 2 heterocycles.